The standard InChI is InChI=1S/C10H12BrClN2O4S2/c11-8-3-9(10(12)13-5-8)20(17,18)14-4-7-1-2-19(15,16)6-7/h3,5,7,14H,1-2,4,6H2. The summed E-state index contributed by atoms with van der Waals surface area (Å²) in [5, 5.41) is -0.125. The molecule has 1 unspecified atom stereocenters. The molecule has 2 heterocycles. The van der Waals surface area contributed by atoms with Crippen LogP contribution in [0.4, 0.5) is 0 Å². The van der Waals surface area contributed by atoms with Crippen molar-refractivity contribution in [1.29, 1.82) is 0 Å². The van der Waals surface area contributed by atoms with Gasteiger partial charge >= 0.3 is 0 Å². The Bertz CT molecular complexity index is 721. The van der Waals surface area contributed by atoms with Crippen LogP contribution in [0.1, 0.15) is 6.42 Å². The second-order valence-electron chi connectivity index (χ2n) is 4.56. The molecule has 20 heavy (non-hydrogen) atoms. The van der Waals surface area contributed by atoms with E-state index in [9.17, 15) is 16.8 Å². The number of nitrogens with one attached hydrogen (secondary N) is 1. The molecule has 0 radical (unpaired) electrons. The lowest BCUT2D eigenvalue weighted by molar-refractivity contribution is 0.543. The lowest BCUT2D eigenvalue weighted by atomic mass is 10.1. The first-order valence-corrected chi connectivity index (χ1v) is 10.2. The van der Waals surface area contributed by atoms with Crippen molar-refractivity contribution in [2.75, 3.05) is 18.1 Å². The van der Waals surface area contributed by atoms with Gasteiger partial charge in [0.1, 0.15) is 10.0 Å². The zero-order chi connectivity index (χ0) is 15.0. The van der Waals surface area contributed by atoms with Gasteiger partial charge in [-0.25, -0.2) is 26.5 Å². The summed E-state index contributed by atoms with van der Waals surface area (Å²) in [6, 6.07) is 1.35. The van der Waals surface area contributed by atoms with Crippen LogP contribution in [0, 0.1) is 5.92 Å². The van der Waals surface area contributed by atoms with E-state index < -0.39 is 19.9 Å². The average molecular weight is 404 g/mol. The Kier molecular flexibility index (Phi) is 4.75. The molecule has 0 aromatic carbocycles. The molecule has 1 aliphatic heterocycles. The molecular formula is C10H12BrClN2O4S2. The van der Waals surface area contributed by atoms with E-state index in [1.807, 2.05) is 0 Å². The van der Waals surface area contributed by atoms with Crippen molar-refractivity contribution in [2.24, 2.45) is 5.92 Å². The van der Waals surface area contributed by atoms with E-state index in [2.05, 4.69) is 25.6 Å². The molecule has 1 aliphatic rings. The first-order chi connectivity index (χ1) is 9.20. The van der Waals surface area contributed by atoms with Crippen LogP contribution in [0.3, 0.4) is 0 Å². The average Bonchev–Trinajstić information content (AvgIpc) is 2.70. The summed E-state index contributed by atoms with van der Waals surface area (Å²) in [5.74, 6) is -0.0767. The van der Waals surface area contributed by atoms with Crippen LogP contribution in [0.2, 0.25) is 5.15 Å². The number of nitrogens with zero attached hydrogens (tertiary/aromatic N) is 1. The molecule has 2 rings (SSSR count). The predicted molar refractivity (Wildman–Crippen MR) is 78.9 cm³/mol. The van der Waals surface area contributed by atoms with Gasteiger partial charge in [0.15, 0.2) is 9.84 Å². The SMILES string of the molecule is O=S1(=O)CCC(CNS(=O)(=O)c2cc(Br)cnc2Cl)C1. The van der Waals surface area contributed by atoms with Gasteiger partial charge in [-0.05, 0) is 34.3 Å². The van der Waals surface area contributed by atoms with E-state index in [0.29, 0.717) is 10.9 Å². The van der Waals surface area contributed by atoms with Gasteiger partial charge in [-0.15, -0.1) is 0 Å². The third-order valence-corrected chi connectivity index (χ3v) is 7.07. The Morgan fingerprint density at radius 1 is 1.50 bits per heavy atom. The number of sulfonamides is 1. The van der Waals surface area contributed by atoms with Gasteiger partial charge in [-0.2, -0.15) is 0 Å². The van der Waals surface area contributed by atoms with Crippen LogP contribution < -0.4 is 4.72 Å². The second kappa shape index (κ2) is 5.88. The minimum Gasteiger partial charge on any atom is -0.242 e. The summed E-state index contributed by atoms with van der Waals surface area (Å²) < 4.78 is 49.8. The van der Waals surface area contributed by atoms with Gasteiger partial charge in [-0.1, -0.05) is 11.6 Å². The summed E-state index contributed by atoms with van der Waals surface area (Å²) >= 11 is 8.90. The van der Waals surface area contributed by atoms with Crippen molar-refractivity contribution in [1.82, 2.24) is 9.71 Å². The summed E-state index contributed by atoms with van der Waals surface area (Å²) in [4.78, 5) is 3.62. The Hall–Kier alpha value is -0.220. The second-order valence-corrected chi connectivity index (χ2v) is 9.80. The number of aromatic nitrogens is 1. The van der Waals surface area contributed by atoms with Gasteiger partial charge in [0, 0.05) is 17.2 Å². The van der Waals surface area contributed by atoms with E-state index in [-0.39, 0.29) is 34.0 Å². The van der Waals surface area contributed by atoms with E-state index in [4.69, 9.17) is 11.6 Å². The number of sulfone groups is 1. The number of rotatable bonds is 4. The first-order valence-electron chi connectivity index (χ1n) is 5.71. The molecule has 1 atom stereocenters. The first kappa shape index (κ1) is 16.2. The third kappa shape index (κ3) is 3.91. The van der Waals surface area contributed by atoms with Gasteiger partial charge in [-0.3, -0.25) is 0 Å². The number of hydrogen-bond acceptors (Lipinski definition) is 5. The summed E-state index contributed by atoms with van der Waals surface area (Å²) in [7, 11) is -6.83. The van der Waals surface area contributed by atoms with Crippen LogP contribution in [-0.2, 0) is 19.9 Å². The molecule has 1 aromatic rings. The van der Waals surface area contributed by atoms with Crippen LogP contribution in [0.15, 0.2) is 21.6 Å². The van der Waals surface area contributed by atoms with Crippen LogP contribution in [0.25, 0.3) is 0 Å². The quantitative estimate of drug-likeness (QED) is 0.763. The topological polar surface area (TPSA) is 93.2 Å². The lowest BCUT2D eigenvalue weighted by Crippen LogP contribution is -2.30. The van der Waals surface area contributed by atoms with E-state index in [1.54, 1.807) is 0 Å². The molecule has 1 saturated heterocycles. The highest BCUT2D eigenvalue weighted by Gasteiger charge is 2.29. The molecule has 0 saturated carbocycles. The van der Waals surface area contributed by atoms with Gasteiger partial charge < -0.3 is 0 Å². The third-order valence-electron chi connectivity index (χ3n) is 2.95. The molecule has 6 nitrogen and oxygen atoms in total. The zero-order valence-corrected chi connectivity index (χ0v) is 14.2. The van der Waals surface area contributed by atoms with Gasteiger partial charge in [0.05, 0.1) is 11.5 Å². The van der Waals surface area contributed by atoms with E-state index in [1.165, 1.54) is 12.3 Å². The smallest absolute Gasteiger partial charge is 0.242 e. The number of hydrogen-bond donors (Lipinski definition) is 1. The lowest BCUT2D eigenvalue weighted by Gasteiger charge is -2.11. The minimum absolute atomic E-state index is 0.0139. The Morgan fingerprint density at radius 2 is 2.20 bits per heavy atom. The van der Waals surface area contributed by atoms with Crippen LogP contribution in [0.5, 0.6) is 0 Å². The largest absolute Gasteiger partial charge is 0.243 e. The van der Waals surface area contributed by atoms with Gasteiger partial charge in [0.2, 0.25) is 10.0 Å². The zero-order valence-electron chi connectivity index (χ0n) is 10.2. The Morgan fingerprint density at radius 3 is 2.80 bits per heavy atom. The maximum Gasteiger partial charge on any atom is 0.243 e. The van der Waals surface area contributed by atoms with E-state index in [0.717, 1.165) is 0 Å². The fourth-order valence-electron chi connectivity index (χ4n) is 1.93. The molecule has 0 spiro atoms. The van der Waals surface area contributed by atoms with Crippen LogP contribution in [-0.4, -0.2) is 39.9 Å². The normalized spacial score (nSPS) is 22.0. The highest BCUT2D eigenvalue weighted by atomic mass is 79.9. The summed E-state index contributed by atoms with van der Waals surface area (Å²) in [5.41, 5.74) is 0. The van der Waals surface area contributed by atoms with E-state index >= 15 is 0 Å². The molecule has 0 amide bonds. The fraction of sp³-hybridized carbons (Fsp3) is 0.500. The molecule has 1 N–H and O–H groups in total. The van der Waals surface area contributed by atoms with Crippen molar-refractivity contribution in [3.05, 3.63) is 21.9 Å². The van der Waals surface area contributed by atoms with Crippen molar-refractivity contribution < 1.29 is 16.8 Å². The molecule has 10 heteroatoms. The molecule has 1 fully saturated rings. The molecule has 112 valence electrons. The highest BCUT2D eigenvalue weighted by molar-refractivity contribution is 9.10. The van der Waals surface area contributed by atoms with Crippen molar-refractivity contribution in [3.63, 3.8) is 0 Å². The molecule has 0 aliphatic carbocycles. The highest BCUT2D eigenvalue weighted by Crippen LogP contribution is 2.23. The minimum atomic E-state index is -3.81. The molecular weight excluding hydrogens is 392 g/mol. The molecule has 0 bridgehead atoms. The van der Waals surface area contributed by atoms with Crippen molar-refractivity contribution in [3.8, 4) is 0 Å². The summed E-state index contributed by atoms with van der Waals surface area (Å²) in [6.07, 6.45) is 1.86. The van der Waals surface area contributed by atoms with Crippen molar-refractivity contribution in [2.45, 2.75) is 11.3 Å². The Balaban J connectivity index is 2.10. The molecule has 1 aromatic heterocycles. The number of halogens is 2. The predicted octanol–water partition coefficient (Wildman–Crippen LogP) is 1.21. The maximum absolute atomic E-state index is 12.1. The fourth-order valence-corrected chi connectivity index (χ4v) is 5.85. The maximum atomic E-state index is 12.1. The number of pyridine rings is 1. The monoisotopic (exact) mass is 402 g/mol. The van der Waals surface area contributed by atoms with Crippen molar-refractivity contribution >= 4 is 47.4 Å². The Labute approximate surface area is 131 Å². The summed E-state index contributed by atoms with van der Waals surface area (Å²) in [6.45, 7) is 0.0738. The van der Waals surface area contributed by atoms with Crippen LogP contribution >= 0.6 is 27.5 Å². The van der Waals surface area contributed by atoms with Gasteiger partial charge in [0.25, 0.3) is 0 Å².